The predicted octanol–water partition coefficient (Wildman–Crippen LogP) is 4.21. The Kier molecular flexibility index (Phi) is 3.74. The highest BCUT2D eigenvalue weighted by Gasteiger charge is 2.64. The van der Waals surface area contributed by atoms with Crippen LogP contribution in [0.2, 0.25) is 0 Å². The lowest BCUT2D eigenvalue weighted by molar-refractivity contribution is -0.237. The highest BCUT2D eigenvalue weighted by atomic mass is 16.7. The van der Waals surface area contributed by atoms with Crippen LogP contribution in [0.3, 0.4) is 0 Å². The molecule has 0 bridgehead atoms. The van der Waals surface area contributed by atoms with Gasteiger partial charge in [0.1, 0.15) is 5.75 Å². The van der Waals surface area contributed by atoms with Crippen molar-refractivity contribution in [3.63, 3.8) is 0 Å². The van der Waals surface area contributed by atoms with Crippen LogP contribution in [0, 0.1) is 17.3 Å². The van der Waals surface area contributed by atoms with Gasteiger partial charge in [0.25, 0.3) is 0 Å². The number of hydrogen-bond donors (Lipinski definition) is 0. The molecule has 26 heavy (non-hydrogen) atoms. The average molecular weight is 356 g/mol. The number of esters is 1. The molecule has 1 saturated heterocycles. The monoisotopic (exact) mass is 356 g/mol. The highest BCUT2D eigenvalue weighted by molar-refractivity contribution is 5.69. The molecule has 0 aromatic heterocycles. The zero-order valence-electron chi connectivity index (χ0n) is 15.8. The SMILES string of the molecule is CC(=O)Oc1ccc2c(c1)CC[C@@H]1[C@@H]2CC[C@]2(C)[C@@H]1CCC21OCCO1. The molecule has 1 heterocycles. The Labute approximate surface area is 155 Å². The first-order chi connectivity index (χ1) is 12.5. The molecule has 2 saturated carbocycles. The Balaban J connectivity index is 1.44. The van der Waals surface area contributed by atoms with E-state index in [1.165, 1.54) is 43.7 Å². The third kappa shape index (κ3) is 2.24. The smallest absolute Gasteiger partial charge is 0.308 e. The third-order valence-electron chi connectivity index (χ3n) is 7.76. The lowest BCUT2D eigenvalue weighted by atomic mass is 9.55. The van der Waals surface area contributed by atoms with Gasteiger partial charge in [0.2, 0.25) is 0 Å². The summed E-state index contributed by atoms with van der Waals surface area (Å²) < 4.78 is 17.7. The van der Waals surface area contributed by atoms with Crippen molar-refractivity contribution in [2.24, 2.45) is 17.3 Å². The molecule has 3 fully saturated rings. The van der Waals surface area contributed by atoms with Gasteiger partial charge in [-0.2, -0.15) is 0 Å². The van der Waals surface area contributed by atoms with Gasteiger partial charge in [0.05, 0.1) is 13.2 Å². The van der Waals surface area contributed by atoms with E-state index in [9.17, 15) is 4.79 Å². The molecule has 4 aliphatic rings. The van der Waals surface area contributed by atoms with Gasteiger partial charge in [-0.3, -0.25) is 4.79 Å². The fourth-order valence-electron chi connectivity index (χ4n) is 6.67. The average Bonchev–Trinajstić information content (AvgIpc) is 3.21. The van der Waals surface area contributed by atoms with Crippen molar-refractivity contribution in [3.8, 4) is 5.75 Å². The van der Waals surface area contributed by atoms with Gasteiger partial charge < -0.3 is 14.2 Å². The molecule has 1 aliphatic heterocycles. The molecule has 0 unspecified atom stereocenters. The number of carbonyl (C=O) groups is 1. The minimum atomic E-state index is -0.317. The van der Waals surface area contributed by atoms with Crippen molar-refractivity contribution >= 4 is 5.97 Å². The zero-order valence-corrected chi connectivity index (χ0v) is 15.8. The van der Waals surface area contributed by atoms with Crippen molar-refractivity contribution in [3.05, 3.63) is 29.3 Å². The van der Waals surface area contributed by atoms with Crippen molar-refractivity contribution in [1.29, 1.82) is 0 Å². The first-order valence-corrected chi connectivity index (χ1v) is 10.1. The quantitative estimate of drug-likeness (QED) is 0.558. The summed E-state index contributed by atoms with van der Waals surface area (Å²) in [6, 6.07) is 6.26. The van der Waals surface area contributed by atoms with Gasteiger partial charge >= 0.3 is 5.97 Å². The number of aryl methyl sites for hydroxylation is 1. The van der Waals surface area contributed by atoms with E-state index in [4.69, 9.17) is 14.2 Å². The van der Waals surface area contributed by atoms with Crippen molar-refractivity contribution in [2.45, 2.75) is 64.1 Å². The van der Waals surface area contributed by atoms with E-state index >= 15 is 0 Å². The number of fused-ring (bicyclic) bond motifs is 6. The van der Waals surface area contributed by atoms with Gasteiger partial charge in [-0.15, -0.1) is 0 Å². The second-order valence-electron chi connectivity index (χ2n) is 8.81. The number of rotatable bonds is 1. The maximum atomic E-state index is 11.2. The molecule has 0 radical (unpaired) electrons. The summed E-state index contributed by atoms with van der Waals surface area (Å²) in [5.41, 5.74) is 3.00. The maximum absolute atomic E-state index is 11.2. The Morgan fingerprint density at radius 1 is 1.15 bits per heavy atom. The summed E-state index contributed by atoms with van der Waals surface area (Å²) in [5.74, 6) is 2.14. The van der Waals surface area contributed by atoms with Crippen LogP contribution in [0.4, 0.5) is 0 Å². The molecular formula is C22H28O4. The van der Waals surface area contributed by atoms with Crippen molar-refractivity contribution in [1.82, 2.24) is 0 Å². The van der Waals surface area contributed by atoms with Crippen LogP contribution in [0.25, 0.3) is 0 Å². The van der Waals surface area contributed by atoms with Crippen LogP contribution in [-0.2, 0) is 20.7 Å². The van der Waals surface area contributed by atoms with E-state index in [1.807, 2.05) is 6.07 Å². The fourth-order valence-corrected chi connectivity index (χ4v) is 6.67. The van der Waals surface area contributed by atoms with Crippen LogP contribution in [-0.4, -0.2) is 25.0 Å². The first-order valence-electron chi connectivity index (χ1n) is 10.1. The molecule has 4 atom stereocenters. The largest absolute Gasteiger partial charge is 0.427 e. The lowest BCUT2D eigenvalue weighted by Crippen LogP contribution is -2.51. The van der Waals surface area contributed by atoms with Gasteiger partial charge in [-0.05, 0) is 73.1 Å². The minimum Gasteiger partial charge on any atom is -0.427 e. The second kappa shape index (κ2) is 5.80. The first kappa shape index (κ1) is 16.8. The molecule has 0 amide bonds. The summed E-state index contributed by atoms with van der Waals surface area (Å²) in [5, 5.41) is 0. The fraction of sp³-hybridized carbons (Fsp3) is 0.682. The molecule has 5 rings (SSSR count). The van der Waals surface area contributed by atoms with E-state index in [0.29, 0.717) is 23.5 Å². The summed E-state index contributed by atoms with van der Waals surface area (Å²) in [4.78, 5) is 11.2. The second-order valence-corrected chi connectivity index (χ2v) is 8.81. The Hall–Kier alpha value is -1.39. The van der Waals surface area contributed by atoms with E-state index < -0.39 is 0 Å². The Bertz CT molecular complexity index is 736. The highest BCUT2D eigenvalue weighted by Crippen LogP contribution is 2.66. The Morgan fingerprint density at radius 3 is 2.73 bits per heavy atom. The van der Waals surface area contributed by atoms with Crippen LogP contribution in [0.15, 0.2) is 18.2 Å². The molecule has 140 valence electrons. The van der Waals surface area contributed by atoms with Crippen molar-refractivity contribution < 1.29 is 19.0 Å². The van der Waals surface area contributed by atoms with Crippen molar-refractivity contribution in [2.75, 3.05) is 13.2 Å². The molecule has 4 heteroatoms. The minimum absolute atomic E-state index is 0.153. The maximum Gasteiger partial charge on any atom is 0.308 e. The van der Waals surface area contributed by atoms with Gasteiger partial charge in [-0.25, -0.2) is 0 Å². The molecule has 4 nitrogen and oxygen atoms in total. The number of benzene rings is 1. The molecule has 1 aromatic rings. The number of ether oxygens (including phenoxy) is 3. The number of carbonyl (C=O) groups excluding carboxylic acids is 1. The van der Waals surface area contributed by atoms with Crippen LogP contribution >= 0.6 is 0 Å². The van der Waals surface area contributed by atoms with Gasteiger partial charge in [-0.1, -0.05) is 13.0 Å². The van der Waals surface area contributed by atoms with E-state index in [0.717, 1.165) is 26.1 Å². The molecular weight excluding hydrogens is 328 g/mol. The third-order valence-corrected chi connectivity index (χ3v) is 7.76. The van der Waals surface area contributed by atoms with Crippen LogP contribution < -0.4 is 4.74 Å². The number of hydrogen-bond acceptors (Lipinski definition) is 4. The molecule has 0 N–H and O–H groups in total. The Morgan fingerprint density at radius 2 is 1.96 bits per heavy atom. The molecule has 1 aromatic carbocycles. The molecule has 1 spiro atoms. The standard InChI is InChI=1S/C22H28O4/c1-14(23)26-16-4-6-17-15(13-16)3-5-19-18(17)7-9-21(2)20(19)8-10-22(21)24-11-12-25-22/h4,6,13,18-20H,3,5,7-12H2,1-2H3/t18-,19-,20-,21-/m1/s1. The van der Waals surface area contributed by atoms with E-state index in [-0.39, 0.29) is 17.2 Å². The zero-order chi connectivity index (χ0) is 17.9. The lowest BCUT2D eigenvalue weighted by Gasteiger charge is -2.52. The van der Waals surface area contributed by atoms with Gasteiger partial charge in [0.15, 0.2) is 5.79 Å². The van der Waals surface area contributed by atoms with Gasteiger partial charge in [0, 0.05) is 18.8 Å². The summed E-state index contributed by atoms with van der Waals surface area (Å²) in [6.45, 7) is 5.38. The van der Waals surface area contributed by atoms with E-state index in [2.05, 4.69) is 19.1 Å². The van der Waals surface area contributed by atoms with Crippen LogP contribution in [0.1, 0.15) is 63.0 Å². The predicted molar refractivity (Wildman–Crippen MR) is 97.0 cm³/mol. The topological polar surface area (TPSA) is 44.8 Å². The summed E-state index contributed by atoms with van der Waals surface area (Å²) in [7, 11) is 0. The summed E-state index contributed by atoms with van der Waals surface area (Å²) >= 11 is 0. The van der Waals surface area contributed by atoms with E-state index in [1.54, 1.807) is 0 Å². The normalized spacial score (nSPS) is 37.1. The van der Waals surface area contributed by atoms with Crippen LogP contribution in [0.5, 0.6) is 5.75 Å². The summed E-state index contributed by atoms with van der Waals surface area (Å²) in [6.07, 6.45) is 6.94. The molecule has 3 aliphatic carbocycles.